The molecular formula is C27H24. The minimum atomic E-state index is 0.439. The Balaban J connectivity index is 1.86. The SMILES string of the molecule is Cc1ccc2ccc(C)c3c2c1C(c1ccccc1)CC3c1ccccc1. The third-order valence-corrected chi connectivity index (χ3v) is 6.28. The summed E-state index contributed by atoms with van der Waals surface area (Å²) in [7, 11) is 0. The number of benzene rings is 4. The van der Waals surface area contributed by atoms with E-state index in [9.17, 15) is 0 Å². The van der Waals surface area contributed by atoms with Crippen molar-refractivity contribution in [1.82, 2.24) is 0 Å². The van der Waals surface area contributed by atoms with Gasteiger partial charge in [-0.3, -0.25) is 0 Å². The van der Waals surface area contributed by atoms with Gasteiger partial charge in [0.05, 0.1) is 0 Å². The maximum atomic E-state index is 2.30. The van der Waals surface area contributed by atoms with Gasteiger partial charge >= 0.3 is 0 Å². The molecule has 0 amide bonds. The normalized spacial score (nSPS) is 18.6. The molecule has 0 N–H and O–H groups in total. The first-order valence-corrected chi connectivity index (χ1v) is 9.86. The first kappa shape index (κ1) is 16.3. The minimum Gasteiger partial charge on any atom is -0.0622 e. The van der Waals surface area contributed by atoms with E-state index in [2.05, 4.69) is 98.8 Å². The van der Waals surface area contributed by atoms with Crippen LogP contribution in [0.5, 0.6) is 0 Å². The van der Waals surface area contributed by atoms with Crippen molar-refractivity contribution in [1.29, 1.82) is 0 Å². The second kappa shape index (κ2) is 6.39. The predicted molar refractivity (Wildman–Crippen MR) is 115 cm³/mol. The summed E-state index contributed by atoms with van der Waals surface area (Å²) in [6.45, 7) is 4.55. The zero-order valence-corrected chi connectivity index (χ0v) is 15.9. The number of rotatable bonds is 2. The molecule has 4 aromatic rings. The molecule has 2 atom stereocenters. The lowest BCUT2D eigenvalue weighted by Gasteiger charge is -2.35. The molecular weight excluding hydrogens is 324 g/mol. The fraction of sp³-hybridized carbons (Fsp3) is 0.185. The highest BCUT2D eigenvalue weighted by Crippen LogP contribution is 2.50. The third-order valence-electron chi connectivity index (χ3n) is 6.28. The van der Waals surface area contributed by atoms with Gasteiger partial charge in [-0.1, -0.05) is 84.9 Å². The van der Waals surface area contributed by atoms with Crippen LogP contribution in [-0.2, 0) is 0 Å². The summed E-state index contributed by atoms with van der Waals surface area (Å²) in [5.74, 6) is 0.879. The highest BCUT2D eigenvalue weighted by atomic mass is 14.4. The van der Waals surface area contributed by atoms with Crippen molar-refractivity contribution >= 4 is 10.8 Å². The van der Waals surface area contributed by atoms with E-state index >= 15 is 0 Å². The predicted octanol–water partition coefficient (Wildman–Crippen LogP) is 7.12. The fourth-order valence-corrected chi connectivity index (χ4v) is 5.03. The third kappa shape index (κ3) is 2.59. The van der Waals surface area contributed by atoms with Crippen molar-refractivity contribution in [3.63, 3.8) is 0 Å². The molecule has 0 heteroatoms. The van der Waals surface area contributed by atoms with E-state index in [-0.39, 0.29) is 0 Å². The Morgan fingerprint density at radius 1 is 0.556 bits per heavy atom. The summed E-state index contributed by atoms with van der Waals surface area (Å²) in [6.07, 6.45) is 1.13. The molecule has 0 fully saturated rings. The zero-order chi connectivity index (χ0) is 18.4. The molecule has 27 heavy (non-hydrogen) atoms. The first-order valence-electron chi connectivity index (χ1n) is 9.86. The van der Waals surface area contributed by atoms with Crippen LogP contribution in [0.15, 0.2) is 84.9 Å². The smallest absolute Gasteiger partial charge is 0.0107 e. The summed E-state index contributed by atoms with van der Waals surface area (Å²) < 4.78 is 0. The van der Waals surface area contributed by atoms with Crippen molar-refractivity contribution in [2.45, 2.75) is 32.1 Å². The molecule has 0 heterocycles. The highest BCUT2D eigenvalue weighted by Gasteiger charge is 2.32. The Morgan fingerprint density at radius 2 is 1.00 bits per heavy atom. The van der Waals surface area contributed by atoms with E-state index < -0.39 is 0 Å². The molecule has 2 unspecified atom stereocenters. The van der Waals surface area contributed by atoms with Crippen LogP contribution in [0.1, 0.15) is 51.6 Å². The van der Waals surface area contributed by atoms with E-state index in [0.29, 0.717) is 11.8 Å². The standard InChI is InChI=1S/C27H24/c1-18-13-15-22-16-14-19(2)26-24(21-11-7-4-8-12-21)17-23(25(18)27(22)26)20-9-5-3-6-10-20/h3-16,23-24H,17H2,1-2H3. The molecule has 0 saturated heterocycles. The Bertz CT molecular complexity index is 1020. The average molecular weight is 348 g/mol. The Morgan fingerprint density at radius 3 is 1.44 bits per heavy atom. The van der Waals surface area contributed by atoms with Crippen LogP contribution in [0.3, 0.4) is 0 Å². The van der Waals surface area contributed by atoms with Crippen molar-refractivity contribution in [2.24, 2.45) is 0 Å². The zero-order valence-electron chi connectivity index (χ0n) is 15.9. The second-order valence-corrected chi connectivity index (χ2v) is 7.85. The lowest BCUT2D eigenvalue weighted by Crippen LogP contribution is -2.18. The lowest BCUT2D eigenvalue weighted by molar-refractivity contribution is 0.628. The molecule has 1 aliphatic rings. The maximum Gasteiger partial charge on any atom is 0.0107 e. The molecule has 4 aromatic carbocycles. The summed E-state index contributed by atoms with van der Waals surface area (Å²) in [4.78, 5) is 0. The fourth-order valence-electron chi connectivity index (χ4n) is 5.03. The largest absolute Gasteiger partial charge is 0.0622 e. The molecule has 132 valence electrons. The second-order valence-electron chi connectivity index (χ2n) is 7.85. The van der Waals surface area contributed by atoms with Crippen LogP contribution in [0.25, 0.3) is 10.8 Å². The minimum absolute atomic E-state index is 0.439. The molecule has 0 aromatic heterocycles. The highest BCUT2D eigenvalue weighted by molar-refractivity contribution is 5.93. The summed E-state index contributed by atoms with van der Waals surface area (Å²) >= 11 is 0. The quantitative estimate of drug-likeness (QED) is 0.361. The van der Waals surface area contributed by atoms with Crippen LogP contribution in [0, 0.1) is 13.8 Å². The van der Waals surface area contributed by atoms with E-state index in [0.717, 1.165) is 6.42 Å². The summed E-state index contributed by atoms with van der Waals surface area (Å²) in [5.41, 5.74) is 8.75. The Kier molecular flexibility index (Phi) is 3.86. The van der Waals surface area contributed by atoms with Crippen molar-refractivity contribution in [2.75, 3.05) is 0 Å². The van der Waals surface area contributed by atoms with Gasteiger partial charge in [-0.15, -0.1) is 0 Å². The van der Waals surface area contributed by atoms with Gasteiger partial charge in [0.2, 0.25) is 0 Å². The van der Waals surface area contributed by atoms with E-state index in [1.807, 2.05) is 0 Å². The van der Waals surface area contributed by atoms with Gasteiger partial charge < -0.3 is 0 Å². The monoisotopic (exact) mass is 348 g/mol. The number of hydrogen-bond donors (Lipinski definition) is 0. The molecule has 0 saturated carbocycles. The molecule has 5 rings (SSSR count). The van der Waals surface area contributed by atoms with E-state index in [4.69, 9.17) is 0 Å². The molecule has 0 spiro atoms. The molecule has 0 radical (unpaired) electrons. The van der Waals surface area contributed by atoms with Crippen LogP contribution in [0.2, 0.25) is 0 Å². The van der Waals surface area contributed by atoms with E-state index in [1.54, 1.807) is 0 Å². The number of hydrogen-bond acceptors (Lipinski definition) is 0. The Hall–Kier alpha value is -2.86. The van der Waals surface area contributed by atoms with Gasteiger partial charge in [0.1, 0.15) is 0 Å². The number of aryl methyl sites for hydroxylation is 2. The van der Waals surface area contributed by atoms with Gasteiger partial charge in [0.25, 0.3) is 0 Å². The van der Waals surface area contributed by atoms with Crippen LogP contribution < -0.4 is 0 Å². The molecule has 0 bridgehead atoms. The van der Waals surface area contributed by atoms with Gasteiger partial charge in [0, 0.05) is 11.8 Å². The van der Waals surface area contributed by atoms with Gasteiger partial charge in [-0.2, -0.15) is 0 Å². The first-order chi connectivity index (χ1) is 13.2. The van der Waals surface area contributed by atoms with Gasteiger partial charge in [-0.25, -0.2) is 0 Å². The Labute approximate surface area is 161 Å². The molecule has 0 nitrogen and oxygen atoms in total. The van der Waals surface area contributed by atoms with Crippen molar-refractivity contribution in [3.05, 3.63) is 118 Å². The molecule has 0 aliphatic heterocycles. The topological polar surface area (TPSA) is 0 Å². The summed E-state index contributed by atoms with van der Waals surface area (Å²) in [6, 6.07) is 31.3. The van der Waals surface area contributed by atoms with Gasteiger partial charge in [-0.05, 0) is 64.4 Å². The van der Waals surface area contributed by atoms with Gasteiger partial charge in [0.15, 0.2) is 0 Å². The van der Waals surface area contributed by atoms with Crippen LogP contribution in [-0.4, -0.2) is 0 Å². The molecule has 1 aliphatic carbocycles. The van der Waals surface area contributed by atoms with Crippen LogP contribution >= 0.6 is 0 Å². The van der Waals surface area contributed by atoms with Crippen molar-refractivity contribution in [3.8, 4) is 0 Å². The van der Waals surface area contributed by atoms with Crippen molar-refractivity contribution < 1.29 is 0 Å². The average Bonchev–Trinajstić information content (AvgIpc) is 2.73. The summed E-state index contributed by atoms with van der Waals surface area (Å²) in [5, 5.41) is 2.86. The van der Waals surface area contributed by atoms with E-state index in [1.165, 1.54) is 44.2 Å². The van der Waals surface area contributed by atoms with Crippen LogP contribution in [0.4, 0.5) is 0 Å². The maximum absolute atomic E-state index is 2.30. The lowest BCUT2D eigenvalue weighted by atomic mass is 9.68.